The van der Waals surface area contributed by atoms with E-state index in [2.05, 4.69) is 21.3 Å². The van der Waals surface area contributed by atoms with Crippen LogP contribution in [0.4, 0.5) is 0 Å². The highest BCUT2D eigenvalue weighted by atomic mass is 16.8. The number of aliphatic hydroxyl groups excluding tert-OH is 28. The molecule has 10 aliphatic heterocycles. The smallest absolute Gasteiger partial charge is 0.217 e. The number of aliphatic hydroxyl groups is 28. The van der Waals surface area contributed by atoms with Gasteiger partial charge >= 0.3 is 0 Å². The average Bonchev–Trinajstić information content (AvgIpc) is 0.766. The lowest BCUT2D eigenvalue weighted by atomic mass is 9.93. The van der Waals surface area contributed by atoms with Crippen molar-refractivity contribution in [2.75, 3.05) is 66.1 Å². The first kappa shape index (κ1) is 101. The summed E-state index contributed by atoms with van der Waals surface area (Å²) in [6.45, 7) is -7.29. The van der Waals surface area contributed by atoms with Crippen LogP contribution in [0.5, 0.6) is 0 Å². The minimum absolute atomic E-state index is 0.822. The van der Waals surface area contributed by atoms with Crippen molar-refractivity contribution in [1.29, 1.82) is 0 Å². The summed E-state index contributed by atoms with van der Waals surface area (Å²) in [6, 6.07) is -7.73. The fourth-order valence-corrected chi connectivity index (χ4v) is 16.0. The molecule has 55 heteroatoms. The van der Waals surface area contributed by atoms with Gasteiger partial charge in [0.2, 0.25) is 23.6 Å². The fraction of sp³-hybridized carbons (Fsp3) is 0.941. The van der Waals surface area contributed by atoms with Crippen LogP contribution < -0.4 is 21.3 Å². The van der Waals surface area contributed by atoms with Gasteiger partial charge in [-0.15, -0.1) is 0 Å². The summed E-state index contributed by atoms with van der Waals surface area (Å²) >= 11 is 0. The number of hydrogen-bond donors (Lipinski definition) is 32. The molecule has 0 unspecified atom stereocenters. The Morgan fingerprint density at radius 3 is 0.748 bits per heavy atom. The molecule has 10 rings (SSSR count). The van der Waals surface area contributed by atoms with Gasteiger partial charge < -0.3 is 254 Å². The van der Waals surface area contributed by atoms with Crippen LogP contribution in [-0.4, -0.2) is 539 Å². The van der Waals surface area contributed by atoms with Crippen molar-refractivity contribution in [3.8, 4) is 0 Å². The Morgan fingerprint density at radius 1 is 0.211 bits per heavy atom. The van der Waals surface area contributed by atoms with E-state index in [0.717, 1.165) is 27.7 Å². The molecule has 50 atom stereocenters. The van der Waals surface area contributed by atoms with Crippen molar-refractivity contribution < 1.29 is 252 Å². The van der Waals surface area contributed by atoms with Crippen LogP contribution in [0, 0.1) is 0 Å². The van der Waals surface area contributed by atoms with E-state index in [4.69, 9.17) is 90.0 Å². The summed E-state index contributed by atoms with van der Waals surface area (Å²) in [5.41, 5.74) is 0. The zero-order chi connectivity index (χ0) is 90.5. The van der Waals surface area contributed by atoms with Crippen molar-refractivity contribution in [3.63, 3.8) is 0 Å². The molecule has 10 fully saturated rings. The summed E-state index contributed by atoms with van der Waals surface area (Å²) in [5.74, 6) is -3.81. The first-order chi connectivity index (χ1) is 58.2. The number of nitrogens with one attached hydrogen (secondary N) is 4. The lowest BCUT2D eigenvalue weighted by molar-refractivity contribution is -0.391. The molecule has 0 saturated carbocycles. The van der Waals surface area contributed by atoms with Crippen molar-refractivity contribution >= 4 is 23.6 Å². The lowest BCUT2D eigenvalue weighted by Gasteiger charge is -2.51. The number of carbonyl (C=O) groups is 4. The minimum atomic E-state index is -2.57. The predicted molar refractivity (Wildman–Crippen MR) is 376 cm³/mol. The summed E-state index contributed by atoms with van der Waals surface area (Å²) < 4.78 is 111. The Morgan fingerprint density at radius 2 is 0.431 bits per heavy atom. The van der Waals surface area contributed by atoms with E-state index < -0.39 is 397 Å². The van der Waals surface area contributed by atoms with E-state index in [1.54, 1.807) is 0 Å². The van der Waals surface area contributed by atoms with Gasteiger partial charge in [-0.25, -0.2) is 0 Å². The third-order valence-electron chi connectivity index (χ3n) is 22.5. The number of amides is 4. The Hall–Kier alpha value is -4.00. The molecule has 0 radical (unpaired) electrons. The monoisotopic (exact) mass is 1800 g/mol. The van der Waals surface area contributed by atoms with E-state index in [-0.39, 0.29) is 0 Å². The van der Waals surface area contributed by atoms with Crippen LogP contribution in [-0.2, 0) is 109 Å². The van der Waals surface area contributed by atoms with Gasteiger partial charge in [-0.05, 0) is 0 Å². The average molecular weight is 1800 g/mol. The van der Waals surface area contributed by atoms with Gasteiger partial charge in [0.15, 0.2) is 62.9 Å². The molecule has 55 nitrogen and oxygen atoms in total. The van der Waals surface area contributed by atoms with Crippen LogP contribution >= 0.6 is 0 Å². The molecule has 10 saturated heterocycles. The quantitative estimate of drug-likeness (QED) is 0.0297. The number of carbonyl (C=O) groups excluding carboxylic acids is 4. The standard InChI is InChI=1S/C68H114N4O51/c1-15(82)69-29-39(92)33(86)19(5-73)107-61(29)120-55-35(88)21(7-75)109-65(47(55)100)117-52-26(12-80)114-63(32(41(52)94)72-18(4)85)122-58-38(91)28(14-105-60-30(70-16(2)83)40(93)51(25(11-79)112-60)116-66-49(102)57(37(90)23(9-77)110-66)123-64-46(99)43(96)34(87)20(6-74)108-64)115-68(50(58)103)118-53-27(13-81)113-62(31(42(53)95)71-17(3)84)121-56-36(89)22(8-76)111-67(48(56)101)119-54-24(10-78)106-59(104)45(98)44(54)97/h19-68,73-81,86-104H,5-14H2,1-4H3,(H,69,82)(H,70,83)(H,71,84)(H,72,85)/t19-,20-,21-,22-,23-,24-,25-,26-,27-,28-,29-,30-,31-,32-,33-,34+,35+,36+,37+,38+,39-,40-,41-,42-,43+,44-,45-,46-,47-,48-,49-,50-,51-,52-,53-,54-,55+,56+,57+,58+,59-,60-,61+,62+,63+,64-,65+,66+,67+,68+/m1/s1. The van der Waals surface area contributed by atoms with E-state index in [0.29, 0.717) is 0 Å². The molecule has 0 aromatic carbocycles. The highest BCUT2D eigenvalue weighted by molar-refractivity contribution is 5.74. The van der Waals surface area contributed by atoms with Crippen molar-refractivity contribution in [3.05, 3.63) is 0 Å². The van der Waals surface area contributed by atoms with Gasteiger partial charge in [-0.2, -0.15) is 0 Å². The third kappa shape index (κ3) is 22.3. The maximum Gasteiger partial charge on any atom is 0.217 e. The first-order valence-corrected chi connectivity index (χ1v) is 39.1. The van der Waals surface area contributed by atoms with Crippen LogP contribution in [0.2, 0.25) is 0 Å². The SMILES string of the molecule is CC(=O)N[C@H]1[C@H](OC[C@H]2O[C@@H](O[C@H]3[C@H](O)[C@@H](NC(C)=O)[C@H](O[C@H]4[C@@H](O)[C@@H](CO)O[C@@H](O[C@H]5[C@H](O)[C@@H](O)[C@H](O)O[C@@H]5CO)[C@@H]4O)O[C@@H]3CO)[C@H](O)[C@@H](O[C@@H]3O[C@H](CO)[C@@H](O[C@@H]4O[C@H](CO)[C@H](O)[C@H](O[C@@H]5O[C@H](CO)[C@@H](O)[C@H](O)[C@H]5NC(C)=O)[C@H]4O)[C@H](O)[C@H]3NC(C)=O)[C@H]2O)O[C@H](CO)[C@@H](O[C@@H]2O[C@H](CO)[C@H](O)[C@H](O[C@H]3O[C@H](CO)[C@H](O)[C@H](O)[C@H]3O)[C@H]2O)[C@@H]1O. The molecule has 32 N–H and O–H groups in total. The molecule has 0 spiro atoms. The lowest BCUT2D eigenvalue weighted by Crippen LogP contribution is -2.71. The van der Waals surface area contributed by atoms with E-state index in [1.807, 2.05) is 0 Å². The van der Waals surface area contributed by atoms with Crippen LogP contribution in [0.15, 0.2) is 0 Å². The second-order valence-electron chi connectivity index (χ2n) is 31.0. The highest BCUT2D eigenvalue weighted by Gasteiger charge is 2.62. The second kappa shape index (κ2) is 44.3. The maximum atomic E-state index is 13.3. The molecule has 10 heterocycles. The van der Waals surface area contributed by atoms with Crippen molar-refractivity contribution in [1.82, 2.24) is 21.3 Å². The molecule has 0 aliphatic carbocycles. The molecule has 10 aliphatic rings. The predicted octanol–water partition coefficient (Wildman–Crippen LogP) is -22.2. The number of ether oxygens (including phenoxy) is 19. The van der Waals surface area contributed by atoms with Gasteiger partial charge in [0, 0.05) is 27.7 Å². The van der Waals surface area contributed by atoms with Crippen molar-refractivity contribution in [2.45, 2.75) is 335 Å². The highest BCUT2D eigenvalue weighted by Crippen LogP contribution is 2.41. The summed E-state index contributed by atoms with van der Waals surface area (Å²) in [7, 11) is 0. The molecule has 4 amide bonds. The second-order valence-corrected chi connectivity index (χ2v) is 31.0. The van der Waals surface area contributed by atoms with E-state index in [9.17, 15) is 162 Å². The van der Waals surface area contributed by atoms with Gasteiger partial charge in [0.05, 0.1) is 66.1 Å². The van der Waals surface area contributed by atoms with Crippen LogP contribution in [0.25, 0.3) is 0 Å². The van der Waals surface area contributed by atoms with E-state index >= 15 is 0 Å². The number of hydrogen-bond acceptors (Lipinski definition) is 51. The van der Waals surface area contributed by atoms with E-state index in [1.165, 1.54) is 0 Å². The summed E-state index contributed by atoms with van der Waals surface area (Å²) in [6.07, 6.45) is -95.6. The molecule has 0 aromatic rings. The van der Waals surface area contributed by atoms with Gasteiger partial charge in [0.25, 0.3) is 0 Å². The van der Waals surface area contributed by atoms with Gasteiger partial charge in [-0.3, -0.25) is 19.2 Å². The molecular weight excluding hydrogens is 1690 g/mol. The topological polar surface area (TPSA) is 858 Å². The molecular formula is C68H114N4O51. The van der Waals surface area contributed by atoms with Crippen LogP contribution in [0.1, 0.15) is 27.7 Å². The Labute approximate surface area is 695 Å². The summed E-state index contributed by atoms with van der Waals surface area (Å²) in [5, 5.41) is 320. The van der Waals surface area contributed by atoms with Crippen LogP contribution in [0.3, 0.4) is 0 Å². The van der Waals surface area contributed by atoms with Gasteiger partial charge in [0.1, 0.15) is 244 Å². The molecule has 712 valence electrons. The van der Waals surface area contributed by atoms with Crippen molar-refractivity contribution in [2.24, 2.45) is 0 Å². The number of rotatable bonds is 32. The Balaban J connectivity index is 0.943. The zero-order valence-electron chi connectivity index (χ0n) is 65.9. The maximum absolute atomic E-state index is 13.3. The Kier molecular flexibility index (Phi) is 36.4. The largest absolute Gasteiger partial charge is 0.394 e. The first-order valence-electron chi connectivity index (χ1n) is 39.1. The zero-order valence-corrected chi connectivity index (χ0v) is 65.9. The third-order valence-corrected chi connectivity index (χ3v) is 22.5. The molecule has 0 aromatic heterocycles. The fourth-order valence-electron chi connectivity index (χ4n) is 16.0. The molecule has 123 heavy (non-hydrogen) atoms. The normalized spacial score (nSPS) is 49.4. The van der Waals surface area contributed by atoms with Gasteiger partial charge in [-0.1, -0.05) is 0 Å². The molecule has 0 bridgehead atoms. The minimum Gasteiger partial charge on any atom is -0.394 e. The summed E-state index contributed by atoms with van der Waals surface area (Å²) in [4.78, 5) is 51.8. The Bertz CT molecular complexity index is 3310.